The van der Waals surface area contributed by atoms with Crippen molar-refractivity contribution in [2.24, 2.45) is 0 Å². The Hall–Kier alpha value is -1.56. The predicted molar refractivity (Wildman–Crippen MR) is 93.3 cm³/mol. The number of hydrogen-bond acceptors (Lipinski definition) is 3. The Morgan fingerprint density at radius 2 is 1.65 bits per heavy atom. The van der Waals surface area contributed by atoms with Crippen molar-refractivity contribution in [1.82, 2.24) is 0 Å². The molecular weight excluding hydrogens is 334 g/mol. The van der Waals surface area contributed by atoms with Gasteiger partial charge in [-0.05, 0) is 50.6 Å². The van der Waals surface area contributed by atoms with Crippen molar-refractivity contribution in [2.45, 2.75) is 31.3 Å². The van der Waals surface area contributed by atoms with E-state index in [1.165, 1.54) is 10.4 Å². The summed E-state index contributed by atoms with van der Waals surface area (Å²) in [4.78, 5) is 0.0788. The summed E-state index contributed by atoms with van der Waals surface area (Å²) in [6.45, 7) is 5.40. The number of halogens is 1. The molecule has 0 unspecified atom stereocenters. The lowest BCUT2D eigenvalue weighted by Gasteiger charge is -2.25. The fourth-order valence-corrected chi connectivity index (χ4v) is 4.27. The van der Waals surface area contributed by atoms with Crippen LogP contribution in [0.1, 0.15) is 26.3 Å². The van der Waals surface area contributed by atoms with E-state index in [9.17, 15) is 13.5 Å². The van der Waals surface area contributed by atoms with Gasteiger partial charge in [0.15, 0.2) is 0 Å². The highest BCUT2D eigenvalue weighted by atomic mass is 35.5. The third kappa shape index (κ3) is 3.68. The Bertz CT molecular complexity index is 780. The van der Waals surface area contributed by atoms with Gasteiger partial charge in [-0.25, -0.2) is 8.42 Å². The molecular formula is C17H20ClNO3S. The number of anilines is 1. The minimum absolute atomic E-state index is 0.0788. The molecule has 0 spiro atoms. The van der Waals surface area contributed by atoms with Crippen LogP contribution in [0.4, 0.5) is 5.69 Å². The first-order valence-electron chi connectivity index (χ1n) is 7.28. The second kappa shape index (κ2) is 6.51. The second-order valence-corrected chi connectivity index (χ2v) is 7.94. The van der Waals surface area contributed by atoms with Gasteiger partial charge in [0.2, 0.25) is 0 Å². The molecule has 6 heteroatoms. The zero-order valence-corrected chi connectivity index (χ0v) is 14.9. The number of hydrogen-bond donors (Lipinski definition) is 1. The standard InChI is InChI=1S/C17H20ClNO3S/c1-4-19(14-11-9-13(10-12-14)17(2,3)20)23(21,22)16-8-6-5-7-15(16)18/h5-12,20H,4H2,1-3H3. The van der Waals surface area contributed by atoms with E-state index in [1.54, 1.807) is 63.2 Å². The minimum atomic E-state index is -3.74. The lowest BCUT2D eigenvalue weighted by Crippen LogP contribution is -2.31. The molecule has 0 saturated heterocycles. The van der Waals surface area contributed by atoms with Gasteiger partial charge in [0.05, 0.1) is 16.3 Å². The monoisotopic (exact) mass is 353 g/mol. The summed E-state index contributed by atoms with van der Waals surface area (Å²) < 4.78 is 27.0. The Labute approximate surface area is 142 Å². The molecule has 2 aromatic carbocycles. The van der Waals surface area contributed by atoms with Gasteiger partial charge in [-0.2, -0.15) is 0 Å². The van der Waals surface area contributed by atoms with Crippen LogP contribution >= 0.6 is 11.6 Å². The van der Waals surface area contributed by atoms with E-state index in [0.717, 1.165) is 0 Å². The predicted octanol–water partition coefficient (Wildman–Crippen LogP) is 3.78. The van der Waals surface area contributed by atoms with Crippen molar-refractivity contribution < 1.29 is 13.5 Å². The summed E-state index contributed by atoms with van der Waals surface area (Å²) in [5.74, 6) is 0. The smallest absolute Gasteiger partial charge is 0.265 e. The quantitative estimate of drug-likeness (QED) is 0.889. The van der Waals surface area contributed by atoms with Gasteiger partial charge in [-0.1, -0.05) is 35.9 Å². The van der Waals surface area contributed by atoms with E-state index in [2.05, 4.69) is 0 Å². The van der Waals surface area contributed by atoms with Crippen molar-refractivity contribution in [3.05, 3.63) is 59.1 Å². The number of benzene rings is 2. The molecule has 0 aromatic heterocycles. The van der Waals surface area contributed by atoms with Crippen LogP contribution in [0.2, 0.25) is 5.02 Å². The summed E-state index contributed by atoms with van der Waals surface area (Å²) in [6.07, 6.45) is 0. The Balaban J connectivity index is 2.46. The molecule has 0 aliphatic carbocycles. The Kier molecular flexibility index (Phi) is 5.04. The lowest BCUT2D eigenvalue weighted by atomic mass is 9.98. The first-order valence-corrected chi connectivity index (χ1v) is 9.10. The van der Waals surface area contributed by atoms with Crippen LogP contribution in [0.3, 0.4) is 0 Å². The largest absolute Gasteiger partial charge is 0.386 e. The van der Waals surface area contributed by atoms with Crippen LogP contribution < -0.4 is 4.31 Å². The first-order chi connectivity index (χ1) is 10.7. The highest BCUT2D eigenvalue weighted by Gasteiger charge is 2.26. The summed E-state index contributed by atoms with van der Waals surface area (Å²) in [5, 5.41) is 10.2. The molecule has 0 amide bonds. The molecule has 0 fully saturated rings. The molecule has 23 heavy (non-hydrogen) atoms. The molecule has 0 atom stereocenters. The van der Waals surface area contributed by atoms with Crippen molar-refractivity contribution >= 4 is 27.3 Å². The fourth-order valence-electron chi connectivity index (χ4n) is 2.30. The van der Waals surface area contributed by atoms with Crippen molar-refractivity contribution in [3.8, 4) is 0 Å². The highest BCUT2D eigenvalue weighted by Crippen LogP contribution is 2.29. The van der Waals surface area contributed by atoms with E-state index < -0.39 is 15.6 Å². The molecule has 0 aliphatic heterocycles. The third-order valence-corrected chi connectivity index (χ3v) is 5.96. The normalized spacial score (nSPS) is 12.2. The molecule has 0 radical (unpaired) electrons. The molecule has 4 nitrogen and oxygen atoms in total. The molecule has 0 bridgehead atoms. The zero-order chi connectivity index (χ0) is 17.3. The van der Waals surface area contributed by atoms with Crippen molar-refractivity contribution in [3.63, 3.8) is 0 Å². The number of aliphatic hydroxyl groups is 1. The van der Waals surface area contributed by atoms with Gasteiger partial charge in [0, 0.05) is 6.54 Å². The number of sulfonamides is 1. The zero-order valence-electron chi connectivity index (χ0n) is 13.3. The minimum Gasteiger partial charge on any atom is -0.386 e. The van der Waals surface area contributed by atoms with E-state index in [0.29, 0.717) is 11.3 Å². The number of rotatable bonds is 5. The van der Waals surface area contributed by atoms with Crippen LogP contribution in [0.25, 0.3) is 0 Å². The second-order valence-electron chi connectivity index (χ2n) is 5.71. The Morgan fingerprint density at radius 1 is 1.09 bits per heavy atom. The summed E-state index contributed by atoms with van der Waals surface area (Å²) >= 11 is 6.04. The average molecular weight is 354 g/mol. The van der Waals surface area contributed by atoms with Crippen LogP contribution in [-0.2, 0) is 15.6 Å². The van der Waals surface area contributed by atoms with Crippen LogP contribution in [-0.4, -0.2) is 20.1 Å². The molecule has 2 rings (SSSR count). The van der Waals surface area contributed by atoms with Gasteiger partial charge in [0.1, 0.15) is 4.90 Å². The van der Waals surface area contributed by atoms with E-state index in [4.69, 9.17) is 11.6 Å². The van der Waals surface area contributed by atoms with Gasteiger partial charge in [-0.15, -0.1) is 0 Å². The summed E-state index contributed by atoms with van der Waals surface area (Å²) in [6, 6.07) is 13.2. The van der Waals surface area contributed by atoms with Gasteiger partial charge in [-0.3, -0.25) is 4.31 Å². The van der Waals surface area contributed by atoms with E-state index in [1.807, 2.05) is 0 Å². The van der Waals surface area contributed by atoms with Gasteiger partial charge < -0.3 is 5.11 Å². The summed E-state index contributed by atoms with van der Waals surface area (Å²) in [7, 11) is -3.74. The fraction of sp³-hybridized carbons (Fsp3) is 0.294. The molecule has 0 heterocycles. The molecule has 124 valence electrons. The SMILES string of the molecule is CCN(c1ccc(C(C)(C)O)cc1)S(=O)(=O)c1ccccc1Cl. The molecule has 1 N–H and O–H groups in total. The maximum absolute atomic E-state index is 12.9. The molecule has 0 saturated carbocycles. The van der Waals surface area contributed by atoms with Crippen LogP contribution in [0.15, 0.2) is 53.4 Å². The molecule has 0 aliphatic rings. The lowest BCUT2D eigenvalue weighted by molar-refractivity contribution is 0.0786. The number of nitrogens with zero attached hydrogens (tertiary/aromatic N) is 1. The average Bonchev–Trinajstić information content (AvgIpc) is 2.47. The molecule has 2 aromatic rings. The van der Waals surface area contributed by atoms with Crippen LogP contribution in [0, 0.1) is 0 Å². The topological polar surface area (TPSA) is 57.6 Å². The van der Waals surface area contributed by atoms with Gasteiger partial charge >= 0.3 is 0 Å². The van der Waals surface area contributed by atoms with E-state index in [-0.39, 0.29) is 16.5 Å². The first kappa shape index (κ1) is 17.8. The Morgan fingerprint density at radius 3 is 2.13 bits per heavy atom. The highest BCUT2D eigenvalue weighted by molar-refractivity contribution is 7.93. The van der Waals surface area contributed by atoms with Crippen LogP contribution in [0.5, 0.6) is 0 Å². The maximum atomic E-state index is 12.9. The van der Waals surface area contributed by atoms with Crippen molar-refractivity contribution in [2.75, 3.05) is 10.8 Å². The van der Waals surface area contributed by atoms with Crippen molar-refractivity contribution in [1.29, 1.82) is 0 Å². The maximum Gasteiger partial charge on any atom is 0.265 e. The third-order valence-electron chi connectivity index (χ3n) is 3.55. The van der Waals surface area contributed by atoms with E-state index >= 15 is 0 Å². The summed E-state index contributed by atoms with van der Waals surface area (Å²) in [5.41, 5.74) is 0.268. The van der Waals surface area contributed by atoms with Gasteiger partial charge in [0.25, 0.3) is 10.0 Å².